The van der Waals surface area contributed by atoms with Crippen molar-refractivity contribution in [3.05, 3.63) is 64.3 Å². The van der Waals surface area contributed by atoms with Gasteiger partial charge >= 0.3 is 0 Å². The third-order valence-electron chi connectivity index (χ3n) is 6.22. The summed E-state index contributed by atoms with van der Waals surface area (Å²) in [5.41, 5.74) is 5.38. The zero-order chi connectivity index (χ0) is 21.5. The Morgan fingerprint density at radius 2 is 2.00 bits per heavy atom. The second kappa shape index (κ2) is 7.89. The normalized spacial score (nSPS) is 16.9. The van der Waals surface area contributed by atoms with Gasteiger partial charge in [0.25, 0.3) is 5.91 Å². The predicted molar refractivity (Wildman–Crippen MR) is 125 cm³/mol. The summed E-state index contributed by atoms with van der Waals surface area (Å²) in [5.74, 6) is 0.0102. The minimum atomic E-state index is -0.141. The van der Waals surface area contributed by atoms with Crippen LogP contribution in [-0.4, -0.2) is 34.4 Å². The van der Waals surface area contributed by atoms with E-state index in [1.807, 2.05) is 29.3 Å². The van der Waals surface area contributed by atoms with E-state index in [1.165, 1.54) is 5.56 Å². The van der Waals surface area contributed by atoms with Gasteiger partial charge in [0, 0.05) is 46.4 Å². The van der Waals surface area contributed by atoms with Gasteiger partial charge in [-0.3, -0.25) is 9.59 Å². The number of carbonyl (C=O) groups is 2. The third kappa shape index (κ3) is 3.53. The molecule has 1 aromatic heterocycles. The number of halogens is 1. The molecule has 2 aliphatic rings. The summed E-state index contributed by atoms with van der Waals surface area (Å²) >= 11 is 6.09. The van der Waals surface area contributed by atoms with E-state index in [0.717, 1.165) is 60.1 Å². The molecule has 0 radical (unpaired) electrons. The number of fused-ring (bicyclic) bond motifs is 2. The molecule has 0 bridgehead atoms. The molecular weight excluding hydrogens is 410 g/mol. The number of nitrogens with zero attached hydrogens (tertiary/aromatic N) is 2. The number of aromatic nitrogens is 1. The number of benzene rings is 2. The van der Waals surface area contributed by atoms with Crippen molar-refractivity contribution >= 4 is 51.7 Å². The van der Waals surface area contributed by atoms with E-state index < -0.39 is 0 Å². The Kier molecular flexibility index (Phi) is 5.06. The molecule has 1 fully saturated rings. The Balaban J connectivity index is 1.61. The summed E-state index contributed by atoms with van der Waals surface area (Å²) in [5, 5.41) is 4.54. The maximum absolute atomic E-state index is 12.9. The largest absolute Gasteiger partial charge is 0.341 e. The van der Waals surface area contributed by atoms with E-state index in [1.54, 1.807) is 12.1 Å². The molecule has 2 amide bonds. The van der Waals surface area contributed by atoms with Crippen LogP contribution in [-0.2, 0) is 22.6 Å². The number of amides is 2. The van der Waals surface area contributed by atoms with Gasteiger partial charge in [-0.2, -0.15) is 0 Å². The fourth-order valence-electron chi connectivity index (χ4n) is 4.67. The van der Waals surface area contributed by atoms with E-state index in [4.69, 9.17) is 11.6 Å². The minimum Gasteiger partial charge on any atom is -0.341 e. The first-order valence-electron chi connectivity index (χ1n) is 10.8. The fraction of sp³-hybridized carbons (Fsp3) is 0.280. The van der Waals surface area contributed by atoms with Gasteiger partial charge in [-0.1, -0.05) is 42.8 Å². The molecule has 6 heteroatoms. The van der Waals surface area contributed by atoms with Crippen LogP contribution in [0.5, 0.6) is 0 Å². The maximum atomic E-state index is 12.9. The average molecular weight is 434 g/mol. The molecule has 3 heterocycles. The molecule has 0 atom stereocenters. The molecule has 0 aliphatic carbocycles. The molecule has 3 aromatic rings. The van der Waals surface area contributed by atoms with E-state index >= 15 is 0 Å². The van der Waals surface area contributed by atoms with Crippen LogP contribution in [0.15, 0.2) is 42.6 Å². The molecular formula is C25H24ClN3O2. The van der Waals surface area contributed by atoms with Gasteiger partial charge in [0.1, 0.15) is 6.54 Å². The SMILES string of the molecule is CCc1cccc2c(/C=C3/C(=O)Nc4cc(Cl)ccc43)cn(CC(=O)N3CCCC3)c12. The second-order valence-corrected chi connectivity index (χ2v) is 8.61. The second-order valence-electron chi connectivity index (χ2n) is 8.17. The highest BCUT2D eigenvalue weighted by molar-refractivity contribution is 6.37. The molecule has 158 valence electrons. The topological polar surface area (TPSA) is 54.3 Å². The first-order chi connectivity index (χ1) is 15.0. The number of anilines is 1. The van der Waals surface area contributed by atoms with Gasteiger partial charge in [-0.15, -0.1) is 0 Å². The van der Waals surface area contributed by atoms with Crippen molar-refractivity contribution in [2.45, 2.75) is 32.7 Å². The quantitative estimate of drug-likeness (QED) is 0.590. The van der Waals surface area contributed by atoms with Crippen LogP contribution in [0.3, 0.4) is 0 Å². The molecule has 2 aliphatic heterocycles. The van der Waals surface area contributed by atoms with E-state index in [0.29, 0.717) is 17.1 Å². The molecule has 1 saturated heterocycles. The molecule has 0 spiro atoms. The van der Waals surface area contributed by atoms with Crippen molar-refractivity contribution in [1.29, 1.82) is 0 Å². The monoisotopic (exact) mass is 433 g/mol. The van der Waals surface area contributed by atoms with Crippen molar-refractivity contribution in [2.75, 3.05) is 18.4 Å². The standard InChI is InChI=1S/C25H24ClN3O2/c1-2-16-6-5-7-19-17(12-21-20-9-8-18(26)13-22(20)27-25(21)31)14-29(24(16)19)15-23(30)28-10-3-4-11-28/h5-9,12-14H,2-4,10-11,15H2,1H3,(H,27,31)/b21-12+. The minimum absolute atomic E-state index is 0.141. The van der Waals surface area contributed by atoms with Crippen LogP contribution in [0.2, 0.25) is 5.02 Å². The van der Waals surface area contributed by atoms with Crippen LogP contribution >= 0.6 is 11.6 Å². The van der Waals surface area contributed by atoms with Crippen molar-refractivity contribution < 1.29 is 9.59 Å². The summed E-state index contributed by atoms with van der Waals surface area (Å²) in [6, 6.07) is 11.6. The van der Waals surface area contributed by atoms with Crippen LogP contribution < -0.4 is 5.32 Å². The Hall–Kier alpha value is -3.05. The summed E-state index contributed by atoms with van der Waals surface area (Å²) in [4.78, 5) is 27.5. The fourth-order valence-corrected chi connectivity index (χ4v) is 4.84. The lowest BCUT2D eigenvalue weighted by atomic mass is 10.0. The lowest BCUT2D eigenvalue weighted by Gasteiger charge is -2.16. The van der Waals surface area contributed by atoms with Crippen molar-refractivity contribution in [3.63, 3.8) is 0 Å². The number of aryl methyl sites for hydroxylation is 1. The van der Waals surface area contributed by atoms with E-state index in [9.17, 15) is 9.59 Å². The lowest BCUT2D eigenvalue weighted by Crippen LogP contribution is -2.30. The van der Waals surface area contributed by atoms with Gasteiger partial charge in [0.2, 0.25) is 5.91 Å². The zero-order valence-corrected chi connectivity index (χ0v) is 18.2. The van der Waals surface area contributed by atoms with Crippen LogP contribution in [0.1, 0.15) is 36.5 Å². The predicted octanol–water partition coefficient (Wildman–Crippen LogP) is 4.97. The Bertz CT molecular complexity index is 1240. The van der Waals surface area contributed by atoms with Crippen molar-refractivity contribution in [1.82, 2.24) is 9.47 Å². The van der Waals surface area contributed by atoms with Gasteiger partial charge in [-0.25, -0.2) is 0 Å². The average Bonchev–Trinajstić information content (AvgIpc) is 3.47. The number of carbonyl (C=O) groups excluding carboxylic acids is 2. The van der Waals surface area contributed by atoms with Crippen LogP contribution in [0.25, 0.3) is 22.6 Å². The Morgan fingerprint density at radius 3 is 2.77 bits per heavy atom. The first kappa shape index (κ1) is 19.9. The van der Waals surface area contributed by atoms with E-state index in [2.05, 4.69) is 28.9 Å². The van der Waals surface area contributed by atoms with Gasteiger partial charge in [-0.05, 0) is 43.0 Å². The number of hydrogen-bond acceptors (Lipinski definition) is 2. The Morgan fingerprint density at radius 1 is 1.19 bits per heavy atom. The summed E-state index contributed by atoms with van der Waals surface area (Å²) in [6.07, 6.45) is 6.96. The molecule has 0 saturated carbocycles. The number of rotatable bonds is 4. The van der Waals surface area contributed by atoms with Crippen molar-refractivity contribution in [3.8, 4) is 0 Å². The third-order valence-corrected chi connectivity index (χ3v) is 6.46. The maximum Gasteiger partial charge on any atom is 0.256 e. The number of para-hydroxylation sites is 1. The molecule has 0 unspecified atom stereocenters. The van der Waals surface area contributed by atoms with E-state index in [-0.39, 0.29) is 11.8 Å². The highest BCUT2D eigenvalue weighted by Gasteiger charge is 2.25. The molecule has 5 nitrogen and oxygen atoms in total. The molecule has 5 rings (SSSR count). The molecule has 31 heavy (non-hydrogen) atoms. The van der Waals surface area contributed by atoms with Crippen molar-refractivity contribution in [2.24, 2.45) is 0 Å². The molecule has 2 aromatic carbocycles. The lowest BCUT2D eigenvalue weighted by molar-refractivity contribution is -0.130. The highest BCUT2D eigenvalue weighted by Crippen LogP contribution is 2.36. The summed E-state index contributed by atoms with van der Waals surface area (Å²) in [6.45, 7) is 4.12. The van der Waals surface area contributed by atoms with Gasteiger partial charge < -0.3 is 14.8 Å². The number of likely N-dealkylation sites (tertiary alicyclic amines) is 1. The highest BCUT2D eigenvalue weighted by atomic mass is 35.5. The number of hydrogen-bond donors (Lipinski definition) is 1. The summed E-state index contributed by atoms with van der Waals surface area (Å²) < 4.78 is 2.05. The zero-order valence-electron chi connectivity index (χ0n) is 17.5. The Labute approximate surface area is 186 Å². The smallest absolute Gasteiger partial charge is 0.256 e. The first-order valence-corrected chi connectivity index (χ1v) is 11.1. The summed E-state index contributed by atoms with van der Waals surface area (Å²) in [7, 11) is 0. The van der Waals surface area contributed by atoms with Gasteiger partial charge in [0.15, 0.2) is 0 Å². The van der Waals surface area contributed by atoms with Crippen LogP contribution in [0, 0.1) is 0 Å². The number of nitrogens with one attached hydrogen (secondary N) is 1. The van der Waals surface area contributed by atoms with Crippen LogP contribution in [0.4, 0.5) is 5.69 Å². The van der Waals surface area contributed by atoms with Gasteiger partial charge in [0.05, 0.1) is 11.2 Å². The molecule has 1 N–H and O–H groups in total.